The molecule has 1 rings (SSSR count). The van der Waals surface area contributed by atoms with Crippen molar-refractivity contribution < 1.29 is 22.4 Å². The SMILES string of the molecule is NC1CCC(C(=O)NCC(F)(F)C(F)F)C1. The summed E-state index contributed by atoms with van der Waals surface area (Å²) < 4.78 is 48.5. The molecule has 2 atom stereocenters. The zero-order chi connectivity index (χ0) is 12.3. The van der Waals surface area contributed by atoms with E-state index in [1.807, 2.05) is 5.32 Å². The van der Waals surface area contributed by atoms with Gasteiger partial charge in [0.15, 0.2) is 0 Å². The largest absolute Gasteiger partial charge is 0.350 e. The standard InChI is InChI=1S/C9H14F4N2O/c10-8(11)9(12,13)4-15-7(16)5-1-2-6(14)3-5/h5-6,8H,1-4,14H2,(H,15,16). The van der Waals surface area contributed by atoms with Crippen LogP contribution >= 0.6 is 0 Å². The molecule has 94 valence electrons. The Morgan fingerprint density at radius 1 is 1.44 bits per heavy atom. The maximum Gasteiger partial charge on any atom is 0.324 e. The summed E-state index contributed by atoms with van der Waals surface area (Å²) in [6, 6.07) is -0.105. The fraction of sp³-hybridized carbons (Fsp3) is 0.889. The highest BCUT2D eigenvalue weighted by Crippen LogP contribution is 2.25. The summed E-state index contributed by atoms with van der Waals surface area (Å²) in [5.74, 6) is -5.21. The molecule has 1 saturated carbocycles. The predicted molar refractivity (Wildman–Crippen MR) is 49.3 cm³/mol. The number of nitrogens with two attached hydrogens (primary N) is 1. The summed E-state index contributed by atoms with van der Waals surface area (Å²) in [4.78, 5) is 11.3. The van der Waals surface area contributed by atoms with E-state index in [0.717, 1.165) is 0 Å². The van der Waals surface area contributed by atoms with E-state index < -0.39 is 30.7 Å². The minimum atomic E-state index is -4.17. The minimum Gasteiger partial charge on any atom is -0.350 e. The van der Waals surface area contributed by atoms with E-state index in [2.05, 4.69) is 0 Å². The van der Waals surface area contributed by atoms with Crippen molar-refractivity contribution in [3.05, 3.63) is 0 Å². The van der Waals surface area contributed by atoms with Crippen LogP contribution in [0.2, 0.25) is 0 Å². The van der Waals surface area contributed by atoms with Gasteiger partial charge in [-0.1, -0.05) is 0 Å². The Kier molecular flexibility index (Phi) is 4.12. The molecular formula is C9H14F4N2O. The lowest BCUT2D eigenvalue weighted by Gasteiger charge is -2.17. The van der Waals surface area contributed by atoms with Gasteiger partial charge >= 0.3 is 12.3 Å². The molecule has 3 nitrogen and oxygen atoms in total. The summed E-state index contributed by atoms with van der Waals surface area (Å²) in [6.07, 6.45) is -2.17. The molecule has 0 aromatic heterocycles. The number of nitrogens with one attached hydrogen (secondary N) is 1. The summed E-state index contributed by atoms with van der Waals surface area (Å²) in [6.45, 7) is -1.32. The van der Waals surface area contributed by atoms with Crippen LogP contribution in [0.3, 0.4) is 0 Å². The van der Waals surface area contributed by atoms with Gasteiger partial charge in [0.05, 0.1) is 6.54 Å². The van der Waals surface area contributed by atoms with Gasteiger partial charge in [-0.3, -0.25) is 4.79 Å². The second-order valence-corrected chi connectivity index (χ2v) is 4.05. The van der Waals surface area contributed by atoms with E-state index in [1.165, 1.54) is 0 Å². The molecule has 1 fully saturated rings. The van der Waals surface area contributed by atoms with Crippen LogP contribution in [0.25, 0.3) is 0 Å². The quantitative estimate of drug-likeness (QED) is 0.726. The van der Waals surface area contributed by atoms with Gasteiger partial charge in [0.25, 0.3) is 0 Å². The van der Waals surface area contributed by atoms with Crippen LogP contribution in [-0.4, -0.2) is 30.8 Å². The minimum absolute atomic E-state index is 0.105. The second kappa shape index (κ2) is 4.99. The normalized spacial score (nSPS) is 26.1. The smallest absolute Gasteiger partial charge is 0.324 e. The summed E-state index contributed by atoms with van der Waals surface area (Å²) >= 11 is 0. The summed E-state index contributed by atoms with van der Waals surface area (Å²) in [5, 5.41) is 1.84. The topological polar surface area (TPSA) is 55.1 Å². The van der Waals surface area contributed by atoms with Crippen molar-refractivity contribution in [1.82, 2.24) is 5.32 Å². The highest BCUT2D eigenvalue weighted by molar-refractivity contribution is 5.79. The average molecular weight is 242 g/mol. The van der Waals surface area contributed by atoms with Crippen molar-refractivity contribution in [2.75, 3.05) is 6.54 Å². The Morgan fingerprint density at radius 2 is 2.06 bits per heavy atom. The summed E-state index contributed by atoms with van der Waals surface area (Å²) in [5.41, 5.74) is 5.54. The molecule has 0 aromatic carbocycles. The predicted octanol–water partition coefficient (Wildman–Crippen LogP) is 1.13. The van der Waals surface area contributed by atoms with Crippen LogP contribution in [0.15, 0.2) is 0 Å². The first-order valence-electron chi connectivity index (χ1n) is 5.02. The molecule has 3 N–H and O–H groups in total. The fourth-order valence-corrected chi connectivity index (χ4v) is 1.68. The molecular weight excluding hydrogens is 228 g/mol. The Balaban J connectivity index is 2.35. The molecule has 0 saturated heterocycles. The number of hydrogen-bond acceptors (Lipinski definition) is 2. The lowest BCUT2D eigenvalue weighted by Crippen LogP contribution is -2.43. The van der Waals surface area contributed by atoms with Crippen molar-refractivity contribution in [3.63, 3.8) is 0 Å². The number of halogens is 4. The Bertz CT molecular complexity index is 260. The second-order valence-electron chi connectivity index (χ2n) is 4.05. The number of amides is 1. The third-order valence-electron chi connectivity index (χ3n) is 2.66. The molecule has 1 aliphatic rings. The molecule has 16 heavy (non-hydrogen) atoms. The fourth-order valence-electron chi connectivity index (χ4n) is 1.68. The van der Waals surface area contributed by atoms with E-state index in [-0.39, 0.29) is 6.04 Å². The molecule has 7 heteroatoms. The van der Waals surface area contributed by atoms with Crippen molar-refractivity contribution in [2.24, 2.45) is 11.7 Å². The maximum absolute atomic E-state index is 12.5. The van der Waals surface area contributed by atoms with E-state index in [9.17, 15) is 22.4 Å². The van der Waals surface area contributed by atoms with Crippen molar-refractivity contribution in [1.29, 1.82) is 0 Å². The van der Waals surface area contributed by atoms with Gasteiger partial charge in [-0.05, 0) is 19.3 Å². The Labute approximate surface area is 90.4 Å². The number of carbonyl (C=O) groups is 1. The van der Waals surface area contributed by atoms with Gasteiger partial charge in [0.1, 0.15) is 0 Å². The highest BCUT2D eigenvalue weighted by atomic mass is 19.3. The average Bonchev–Trinajstić information content (AvgIpc) is 2.61. The molecule has 0 bridgehead atoms. The lowest BCUT2D eigenvalue weighted by molar-refractivity contribution is -0.138. The molecule has 1 amide bonds. The van der Waals surface area contributed by atoms with E-state index in [1.54, 1.807) is 0 Å². The van der Waals surface area contributed by atoms with Crippen LogP contribution in [0.1, 0.15) is 19.3 Å². The van der Waals surface area contributed by atoms with E-state index in [0.29, 0.717) is 19.3 Å². The van der Waals surface area contributed by atoms with Gasteiger partial charge in [0.2, 0.25) is 5.91 Å². The van der Waals surface area contributed by atoms with Crippen LogP contribution in [0.4, 0.5) is 17.6 Å². The first kappa shape index (κ1) is 13.2. The molecule has 1 aliphatic carbocycles. The van der Waals surface area contributed by atoms with Crippen LogP contribution in [0.5, 0.6) is 0 Å². The third kappa shape index (κ3) is 3.33. The van der Waals surface area contributed by atoms with Crippen LogP contribution in [-0.2, 0) is 4.79 Å². The van der Waals surface area contributed by atoms with Crippen molar-refractivity contribution in [3.8, 4) is 0 Å². The third-order valence-corrected chi connectivity index (χ3v) is 2.66. The van der Waals surface area contributed by atoms with Crippen LogP contribution in [0, 0.1) is 5.92 Å². The van der Waals surface area contributed by atoms with Crippen LogP contribution < -0.4 is 11.1 Å². The van der Waals surface area contributed by atoms with Gasteiger partial charge in [0, 0.05) is 12.0 Å². The van der Waals surface area contributed by atoms with Gasteiger partial charge in [-0.2, -0.15) is 8.78 Å². The van der Waals surface area contributed by atoms with Gasteiger partial charge in [-0.15, -0.1) is 0 Å². The number of hydrogen-bond donors (Lipinski definition) is 2. The zero-order valence-corrected chi connectivity index (χ0v) is 8.56. The highest BCUT2D eigenvalue weighted by Gasteiger charge is 2.41. The first-order valence-corrected chi connectivity index (χ1v) is 5.02. The van der Waals surface area contributed by atoms with Gasteiger partial charge in [-0.25, -0.2) is 8.78 Å². The number of alkyl halides is 4. The Morgan fingerprint density at radius 3 is 2.50 bits per heavy atom. The van der Waals surface area contributed by atoms with E-state index in [4.69, 9.17) is 5.73 Å². The monoisotopic (exact) mass is 242 g/mol. The molecule has 0 aromatic rings. The molecule has 0 radical (unpaired) electrons. The number of rotatable bonds is 4. The van der Waals surface area contributed by atoms with Gasteiger partial charge < -0.3 is 11.1 Å². The summed E-state index contributed by atoms with van der Waals surface area (Å²) in [7, 11) is 0. The van der Waals surface area contributed by atoms with Crippen molar-refractivity contribution in [2.45, 2.75) is 37.7 Å². The van der Waals surface area contributed by atoms with E-state index >= 15 is 0 Å². The lowest BCUT2D eigenvalue weighted by atomic mass is 10.1. The molecule has 0 spiro atoms. The number of carbonyl (C=O) groups excluding carboxylic acids is 1. The first-order chi connectivity index (χ1) is 7.33. The molecule has 0 heterocycles. The Hall–Kier alpha value is -0.850. The van der Waals surface area contributed by atoms with Crippen molar-refractivity contribution >= 4 is 5.91 Å². The molecule has 2 unspecified atom stereocenters. The maximum atomic E-state index is 12.5. The zero-order valence-electron chi connectivity index (χ0n) is 8.56. The molecule has 0 aliphatic heterocycles.